The number of carbonyl (C=O) groups excluding carboxylic acids is 2. The Bertz CT molecular complexity index is 1310. The summed E-state index contributed by atoms with van der Waals surface area (Å²) in [7, 11) is 0. The van der Waals surface area contributed by atoms with Crippen LogP contribution in [-0.4, -0.2) is 68.8 Å². The van der Waals surface area contributed by atoms with Gasteiger partial charge in [-0.3, -0.25) is 14.0 Å². The summed E-state index contributed by atoms with van der Waals surface area (Å²) >= 11 is 0. The molecule has 202 valence electrons. The summed E-state index contributed by atoms with van der Waals surface area (Å²) < 4.78 is 7.57. The molecule has 0 bridgehead atoms. The number of benzene rings is 1. The number of rotatable bonds is 12. The summed E-state index contributed by atoms with van der Waals surface area (Å²) in [5, 5.41) is 11.6. The summed E-state index contributed by atoms with van der Waals surface area (Å²) in [6.07, 6.45) is 4.52. The Labute approximate surface area is 224 Å². The van der Waals surface area contributed by atoms with Gasteiger partial charge in [0.25, 0.3) is 11.7 Å². The number of hydrogen-bond acceptors (Lipinski definition) is 6. The van der Waals surface area contributed by atoms with Gasteiger partial charge in [0, 0.05) is 12.7 Å². The molecule has 0 radical (unpaired) electrons. The maximum atomic E-state index is 13.5. The van der Waals surface area contributed by atoms with E-state index < -0.39 is 17.7 Å². The molecule has 1 unspecified atom stereocenters. The SMILES string of the molecule is CCCCOc1ccc(C2C(=C(O)c3c(C)nc4ccccn34)C(=O)C(=O)N2CCCN(CC)CC)cc1. The highest BCUT2D eigenvalue weighted by molar-refractivity contribution is 6.46. The molecule has 3 aromatic rings. The van der Waals surface area contributed by atoms with Crippen LogP contribution < -0.4 is 4.74 Å². The Hall–Kier alpha value is -3.65. The number of carbonyl (C=O) groups is 2. The third-order valence-corrected chi connectivity index (χ3v) is 7.20. The van der Waals surface area contributed by atoms with E-state index in [1.807, 2.05) is 42.5 Å². The van der Waals surface area contributed by atoms with E-state index in [2.05, 4.69) is 30.7 Å². The Morgan fingerprint density at radius 1 is 1.05 bits per heavy atom. The van der Waals surface area contributed by atoms with Crippen molar-refractivity contribution in [3.05, 3.63) is 71.2 Å². The maximum absolute atomic E-state index is 13.5. The second-order valence-electron chi connectivity index (χ2n) is 9.62. The predicted molar refractivity (Wildman–Crippen MR) is 148 cm³/mol. The Kier molecular flexibility index (Phi) is 8.84. The number of unbranched alkanes of at least 4 members (excludes halogenated alkanes) is 1. The van der Waals surface area contributed by atoms with Crippen molar-refractivity contribution in [2.45, 2.75) is 53.0 Å². The Morgan fingerprint density at radius 2 is 1.79 bits per heavy atom. The number of nitrogens with zero attached hydrogens (tertiary/aromatic N) is 4. The average molecular weight is 519 g/mol. The van der Waals surface area contributed by atoms with Gasteiger partial charge in [-0.2, -0.15) is 0 Å². The predicted octanol–water partition coefficient (Wildman–Crippen LogP) is 4.98. The molecular weight excluding hydrogens is 480 g/mol. The van der Waals surface area contributed by atoms with Crippen LogP contribution in [0, 0.1) is 6.92 Å². The number of ketones is 1. The number of imidazole rings is 1. The number of aryl methyl sites for hydroxylation is 1. The van der Waals surface area contributed by atoms with Crippen LogP contribution in [0.4, 0.5) is 0 Å². The lowest BCUT2D eigenvalue weighted by Gasteiger charge is -2.27. The van der Waals surface area contributed by atoms with Gasteiger partial charge in [-0.05, 0) is 69.2 Å². The van der Waals surface area contributed by atoms with Crippen molar-refractivity contribution in [3.63, 3.8) is 0 Å². The molecule has 1 fully saturated rings. The standard InChI is InChI=1S/C30H38N4O4/c1-5-8-20-38-23-15-13-22(14-16-23)27-25(28(35)26-21(4)31-24-12-9-10-18-33(24)26)29(36)30(37)34(27)19-11-17-32(6-2)7-3/h9-10,12-16,18,27,35H,5-8,11,17,19-20H2,1-4H3. The molecule has 38 heavy (non-hydrogen) atoms. The first-order chi connectivity index (χ1) is 18.4. The molecule has 1 amide bonds. The number of amides is 1. The van der Waals surface area contributed by atoms with Crippen LogP contribution in [0.5, 0.6) is 5.75 Å². The molecule has 1 atom stereocenters. The monoisotopic (exact) mass is 518 g/mol. The summed E-state index contributed by atoms with van der Waals surface area (Å²) in [6, 6.07) is 12.3. The Morgan fingerprint density at radius 3 is 2.47 bits per heavy atom. The topological polar surface area (TPSA) is 87.4 Å². The van der Waals surface area contributed by atoms with Crippen molar-refractivity contribution in [3.8, 4) is 5.75 Å². The summed E-state index contributed by atoms with van der Waals surface area (Å²) in [5.41, 5.74) is 2.50. The van der Waals surface area contributed by atoms with Gasteiger partial charge in [0.2, 0.25) is 0 Å². The maximum Gasteiger partial charge on any atom is 0.295 e. The van der Waals surface area contributed by atoms with Crippen molar-refractivity contribution in [2.24, 2.45) is 0 Å². The first-order valence-corrected chi connectivity index (χ1v) is 13.6. The van der Waals surface area contributed by atoms with Crippen LogP contribution in [0.2, 0.25) is 0 Å². The van der Waals surface area contributed by atoms with Crippen molar-refractivity contribution in [1.82, 2.24) is 19.2 Å². The van der Waals surface area contributed by atoms with Crippen LogP contribution in [0.3, 0.4) is 0 Å². The molecule has 1 aromatic carbocycles. The molecule has 2 aromatic heterocycles. The Balaban J connectivity index is 1.76. The van der Waals surface area contributed by atoms with Crippen molar-refractivity contribution in [1.29, 1.82) is 0 Å². The molecule has 8 heteroatoms. The van der Waals surface area contributed by atoms with Crippen LogP contribution in [-0.2, 0) is 9.59 Å². The van der Waals surface area contributed by atoms with Gasteiger partial charge in [-0.1, -0.05) is 45.4 Å². The van der Waals surface area contributed by atoms with E-state index in [-0.39, 0.29) is 11.3 Å². The normalized spacial score (nSPS) is 17.2. The minimum absolute atomic E-state index is 0.0891. The van der Waals surface area contributed by atoms with Crippen molar-refractivity contribution in [2.75, 3.05) is 32.8 Å². The molecule has 0 saturated carbocycles. The zero-order valence-corrected chi connectivity index (χ0v) is 22.8. The molecule has 1 N–H and O–H groups in total. The summed E-state index contributed by atoms with van der Waals surface area (Å²) in [5.74, 6) is -0.743. The largest absolute Gasteiger partial charge is 0.505 e. The number of aliphatic hydroxyl groups excluding tert-OH is 1. The van der Waals surface area contributed by atoms with E-state index in [9.17, 15) is 14.7 Å². The fourth-order valence-corrected chi connectivity index (χ4v) is 5.07. The lowest BCUT2D eigenvalue weighted by atomic mass is 9.96. The zero-order valence-electron chi connectivity index (χ0n) is 22.8. The van der Waals surface area contributed by atoms with E-state index in [0.717, 1.165) is 50.2 Å². The van der Waals surface area contributed by atoms with Gasteiger partial charge < -0.3 is 19.6 Å². The fourth-order valence-electron chi connectivity index (χ4n) is 5.07. The van der Waals surface area contributed by atoms with Gasteiger partial charge in [0.1, 0.15) is 17.1 Å². The van der Waals surface area contributed by atoms with Gasteiger partial charge in [0.05, 0.1) is 23.9 Å². The lowest BCUT2D eigenvalue weighted by Crippen LogP contribution is -2.33. The van der Waals surface area contributed by atoms with Crippen molar-refractivity contribution >= 4 is 23.1 Å². The number of aliphatic hydroxyl groups is 1. The minimum atomic E-state index is -0.704. The quantitative estimate of drug-likeness (QED) is 0.158. The highest BCUT2D eigenvalue weighted by Gasteiger charge is 2.46. The minimum Gasteiger partial charge on any atom is -0.505 e. The van der Waals surface area contributed by atoms with Crippen LogP contribution in [0.15, 0.2) is 54.2 Å². The number of aromatic nitrogens is 2. The van der Waals surface area contributed by atoms with Gasteiger partial charge in [0.15, 0.2) is 5.76 Å². The first kappa shape index (κ1) is 27.4. The third-order valence-electron chi connectivity index (χ3n) is 7.20. The number of likely N-dealkylation sites (tertiary alicyclic amines) is 1. The molecular formula is C30H38N4O4. The van der Waals surface area contributed by atoms with E-state index >= 15 is 0 Å². The number of Topliss-reactive ketones (excluding diaryl/α,β-unsaturated/α-hetero) is 1. The van der Waals surface area contributed by atoms with Crippen LogP contribution in [0.25, 0.3) is 11.4 Å². The van der Waals surface area contributed by atoms with E-state index in [0.29, 0.717) is 30.2 Å². The van der Waals surface area contributed by atoms with Crippen LogP contribution >= 0.6 is 0 Å². The second kappa shape index (κ2) is 12.3. The molecule has 1 aliphatic rings. The molecule has 0 spiro atoms. The highest BCUT2D eigenvalue weighted by Crippen LogP contribution is 2.40. The van der Waals surface area contributed by atoms with E-state index in [1.165, 1.54) is 0 Å². The summed E-state index contributed by atoms with van der Waals surface area (Å²) in [4.78, 5) is 35.2. The fraction of sp³-hybridized carbons (Fsp3) is 0.433. The third kappa shape index (κ3) is 5.45. The van der Waals surface area contributed by atoms with Gasteiger partial charge >= 0.3 is 0 Å². The van der Waals surface area contributed by atoms with Crippen molar-refractivity contribution < 1.29 is 19.4 Å². The zero-order chi connectivity index (χ0) is 27.2. The molecule has 4 rings (SSSR count). The molecule has 8 nitrogen and oxygen atoms in total. The van der Waals surface area contributed by atoms with E-state index in [1.54, 1.807) is 22.4 Å². The smallest absolute Gasteiger partial charge is 0.295 e. The first-order valence-electron chi connectivity index (χ1n) is 13.6. The molecule has 1 saturated heterocycles. The average Bonchev–Trinajstić information content (AvgIpc) is 3.39. The van der Waals surface area contributed by atoms with Gasteiger partial charge in [-0.25, -0.2) is 4.98 Å². The van der Waals surface area contributed by atoms with Gasteiger partial charge in [-0.15, -0.1) is 0 Å². The number of fused-ring (bicyclic) bond motifs is 1. The lowest BCUT2D eigenvalue weighted by molar-refractivity contribution is -0.140. The van der Waals surface area contributed by atoms with Crippen LogP contribution in [0.1, 0.15) is 63.0 Å². The number of ether oxygens (including phenoxy) is 1. The second-order valence-corrected chi connectivity index (χ2v) is 9.62. The molecule has 1 aliphatic heterocycles. The highest BCUT2D eigenvalue weighted by atomic mass is 16.5. The number of hydrogen-bond donors (Lipinski definition) is 1. The molecule has 0 aliphatic carbocycles. The van der Waals surface area contributed by atoms with E-state index in [4.69, 9.17) is 4.74 Å². The summed E-state index contributed by atoms with van der Waals surface area (Å²) in [6.45, 7) is 11.8. The molecule has 3 heterocycles. The number of pyridine rings is 1.